The second kappa shape index (κ2) is 7.20. The molecule has 0 N–H and O–H groups in total. The first-order valence-corrected chi connectivity index (χ1v) is 8.40. The molecule has 0 bridgehead atoms. The maximum absolute atomic E-state index is 12.8. The van der Waals surface area contributed by atoms with Crippen LogP contribution < -0.4 is 4.90 Å². The molecular weight excluding hydrogens is 304 g/mol. The van der Waals surface area contributed by atoms with Crippen LogP contribution in [0.15, 0.2) is 66.0 Å². The molecule has 0 aliphatic heterocycles. The van der Waals surface area contributed by atoms with Crippen LogP contribution in [0.3, 0.4) is 0 Å². The fourth-order valence-electron chi connectivity index (χ4n) is 2.44. The van der Waals surface area contributed by atoms with Gasteiger partial charge in [-0.2, -0.15) is 0 Å². The second-order valence-electron chi connectivity index (χ2n) is 5.34. The Morgan fingerprint density at radius 2 is 1.70 bits per heavy atom. The molecule has 3 rings (SSSR count). The highest BCUT2D eigenvalue weighted by Gasteiger charge is 2.17. The molecule has 2 aromatic carbocycles. The van der Waals surface area contributed by atoms with Crippen molar-refractivity contribution in [1.29, 1.82) is 0 Å². The first-order valence-electron chi connectivity index (χ1n) is 7.53. The second-order valence-corrected chi connectivity index (χ2v) is 6.40. The van der Waals surface area contributed by atoms with Crippen LogP contribution in [0.2, 0.25) is 0 Å². The van der Waals surface area contributed by atoms with Crippen LogP contribution in [-0.2, 0) is 17.8 Å². The summed E-state index contributed by atoms with van der Waals surface area (Å²) in [4.78, 5) is 19.0. The van der Waals surface area contributed by atoms with Crippen LogP contribution in [-0.4, -0.2) is 10.9 Å². The van der Waals surface area contributed by atoms with Crippen molar-refractivity contribution in [3.63, 3.8) is 0 Å². The lowest BCUT2D eigenvalue weighted by molar-refractivity contribution is -0.118. The zero-order valence-corrected chi connectivity index (χ0v) is 13.8. The van der Waals surface area contributed by atoms with Crippen molar-refractivity contribution in [1.82, 2.24) is 4.98 Å². The molecule has 0 aliphatic carbocycles. The number of carbonyl (C=O) groups is 1. The Morgan fingerprint density at radius 1 is 1.04 bits per heavy atom. The fraction of sp³-hybridized carbons (Fsp3) is 0.158. The molecule has 0 unspecified atom stereocenters. The summed E-state index contributed by atoms with van der Waals surface area (Å²) in [5.74, 6) is 0.0605. The van der Waals surface area contributed by atoms with E-state index in [1.165, 1.54) is 0 Å². The van der Waals surface area contributed by atoms with Gasteiger partial charge in [-0.3, -0.25) is 4.79 Å². The first-order chi connectivity index (χ1) is 11.2. The topological polar surface area (TPSA) is 33.2 Å². The number of aromatic nitrogens is 1. The number of amides is 1. The number of para-hydroxylation sites is 1. The van der Waals surface area contributed by atoms with E-state index in [1.807, 2.05) is 77.9 Å². The third-order valence-electron chi connectivity index (χ3n) is 3.55. The monoisotopic (exact) mass is 322 g/mol. The van der Waals surface area contributed by atoms with E-state index < -0.39 is 0 Å². The number of hydrogen-bond donors (Lipinski definition) is 0. The normalized spacial score (nSPS) is 10.5. The Hall–Kier alpha value is -2.46. The molecule has 0 atom stereocenters. The third-order valence-corrected chi connectivity index (χ3v) is 4.37. The predicted octanol–water partition coefficient (Wildman–Crippen LogP) is 4.23. The van der Waals surface area contributed by atoms with E-state index >= 15 is 0 Å². The van der Waals surface area contributed by atoms with Gasteiger partial charge in [0.2, 0.25) is 5.91 Å². The molecule has 0 aliphatic rings. The Kier molecular flexibility index (Phi) is 4.83. The number of rotatable bonds is 5. The summed E-state index contributed by atoms with van der Waals surface area (Å²) in [5, 5.41) is 2.95. The summed E-state index contributed by atoms with van der Waals surface area (Å²) in [6.07, 6.45) is 0.325. The molecule has 0 spiro atoms. The SMILES string of the molecule is Cc1nc(CC(=O)N(Cc2ccccc2)c2ccccc2)cs1. The molecule has 0 radical (unpaired) electrons. The average Bonchev–Trinajstić information content (AvgIpc) is 2.99. The number of benzene rings is 2. The highest BCUT2D eigenvalue weighted by atomic mass is 32.1. The molecule has 1 aromatic heterocycles. The van der Waals surface area contributed by atoms with Gasteiger partial charge in [-0.05, 0) is 24.6 Å². The molecule has 4 heteroatoms. The maximum Gasteiger partial charge on any atom is 0.233 e. The van der Waals surface area contributed by atoms with E-state index in [0.29, 0.717) is 13.0 Å². The van der Waals surface area contributed by atoms with Gasteiger partial charge in [0.05, 0.1) is 23.7 Å². The minimum Gasteiger partial charge on any atom is -0.308 e. The lowest BCUT2D eigenvalue weighted by Gasteiger charge is -2.23. The van der Waals surface area contributed by atoms with Gasteiger partial charge in [0.1, 0.15) is 0 Å². The summed E-state index contributed by atoms with van der Waals surface area (Å²) >= 11 is 1.58. The average molecular weight is 322 g/mol. The molecule has 1 heterocycles. The quantitative estimate of drug-likeness (QED) is 0.704. The third kappa shape index (κ3) is 4.05. The minimum absolute atomic E-state index is 0.0605. The predicted molar refractivity (Wildman–Crippen MR) is 94.6 cm³/mol. The first kappa shape index (κ1) is 15.4. The van der Waals surface area contributed by atoms with Crippen molar-refractivity contribution in [3.8, 4) is 0 Å². The van der Waals surface area contributed by atoms with Gasteiger partial charge in [0, 0.05) is 11.1 Å². The van der Waals surface area contributed by atoms with Crippen LogP contribution in [0, 0.1) is 6.92 Å². The standard InChI is InChI=1S/C19H18N2OS/c1-15-20-17(14-23-15)12-19(22)21(18-10-6-3-7-11-18)13-16-8-4-2-5-9-16/h2-11,14H,12-13H2,1H3. The maximum atomic E-state index is 12.8. The van der Waals surface area contributed by atoms with E-state index in [1.54, 1.807) is 11.3 Å². The van der Waals surface area contributed by atoms with Crippen LogP contribution in [0.25, 0.3) is 0 Å². The van der Waals surface area contributed by atoms with Crippen molar-refractivity contribution >= 4 is 22.9 Å². The Balaban J connectivity index is 1.84. The molecule has 3 aromatic rings. The van der Waals surface area contributed by atoms with Crippen molar-refractivity contribution < 1.29 is 4.79 Å². The summed E-state index contributed by atoms with van der Waals surface area (Å²) in [7, 11) is 0. The van der Waals surface area contributed by atoms with Gasteiger partial charge in [0.15, 0.2) is 0 Å². The lowest BCUT2D eigenvalue weighted by atomic mass is 10.1. The van der Waals surface area contributed by atoms with Gasteiger partial charge < -0.3 is 4.90 Å². The van der Waals surface area contributed by atoms with Gasteiger partial charge >= 0.3 is 0 Å². The summed E-state index contributed by atoms with van der Waals surface area (Å²) in [6.45, 7) is 2.52. The fourth-order valence-corrected chi connectivity index (χ4v) is 3.05. The smallest absolute Gasteiger partial charge is 0.233 e. The zero-order chi connectivity index (χ0) is 16.1. The van der Waals surface area contributed by atoms with Crippen LogP contribution in [0.5, 0.6) is 0 Å². The van der Waals surface area contributed by atoms with Crippen LogP contribution >= 0.6 is 11.3 Å². The highest BCUT2D eigenvalue weighted by molar-refractivity contribution is 7.09. The number of thiazole rings is 1. The van der Waals surface area contributed by atoms with Crippen molar-refractivity contribution in [2.24, 2.45) is 0 Å². The molecule has 0 saturated heterocycles. The van der Waals surface area contributed by atoms with Crippen LogP contribution in [0.1, 0.15) is 16.3 Å². The van der Waals surface area contributed by atoms with E-state index in [2.05, 4.69) is 4.98 Å². The van der Waals surface area contributed by atoms with Crippen molar-refractivity contribution in [2.45, 2.75) is 19.9 Å². The molecule has 3 nitrogen and oxygen atoms in total. The number of nitrogens with zero attached hydrogens (tertiary/aromatic N) is 2. The molecule has 116 valence electrons. The lowest BCUT2D eigenvalue weighted by Crippen LogP contribution is -2.31. The van der Waals surface area contributed by atoms with Gasteiger partial charge in [-0.15, -0.1) is 11.3 Å². The minimum atomic E-state index is 0.0605. The van der Waals surface area contributed by atoms with E-state index in [0.717, 1.165) is 22.0 Å². The number of aryl methyl sites for hydroxylation is 1. The van der Waals surface area contributed by atoms with Gasteiger partial charge in [0.25, 0.3) is 0 Å². The molecule has 23 heavy (non-hydrogen) atoms. The summed E-state index contributed by atoms with van der Waals surface area (Å²) < 4.78 is 0. The number of carbonyl (C=O) groups excluding carboxylic acids is 1. The molecule has 0 saturated carbocycles. The highest BCUT2D eigenvalue weighted by Crippen LogP contribution is 2.19. The van der Waals surface area contributed by atoms with E-state index in [4.69, 9.17) is 0 Å². The Morgan fingerprint density at radius 3 is 2.30 bits per heavy atom. The number of anilines is 1. The Bertz CT molecular complexity index is 768. The van der Waals surface area contributed by atoms with E-state index in [9.17, 15) is 4.79 Å². The van der Waals surface area contributed by atoms with E-state index in [-0.39, 0.29) is 5.91 Å². The summed E-state index contributed by atoms with van der Waals surface area (Å²) in [5.41, 5.74) is 2.86. The largest absolute Gasteiger partial charge is 0.308 e. The molecular formula is C19H18N2OS. The zero-order valence-electron chi connectivity index (χ0n) is 13.0. The van der Waals surface area contributed by atoms with Crippen molar-refractivity contribution in [3.05, 3.63) is 82.3 Å². The molecule has 0 fully saturated rings. The Labute approximate surface area is 140 Å². The number of hydrogen-bond acceptors (Lipinski definition) is 3. The van der Waals surface area contributed by atoms with Crippen LogP contribution in [0.4, 0.5) is 5.69 Å². The summed E-state index contributed by atoms with van der Waals surface area (Å²) in [6, 6.07) is 19.8. The van der Waals surface area contributed by atoms with Crippen molar-refractivity contribution in [2.75, 3.05) is 4.90 Å². The molecule has 1 amide bonds. The van der Waals surface area contributed by atoms with Gasteiger partial charge in [-0.25, -0.2) is 4.98 Å². The van der Waals surface area contributed by atoms with Gasteiger partial charge in [-0.1, -0.05) is 48.5 Å².